The Morgan fingerprint density at radius 1 is 1.40 bits per heavy atom. The minimum Gasteiger partial charge on any atom is -0.466 e. The summed E-state index contributed by atoms with van der Waals surface area (Å²) < 4.78 is 5.31. The lowest BCUT2D eigenvalue weighted by molar-refractivity contribution is 0.0436. The lowest BCUT2D eigenvalue weighted by Gasteiger charge is -2.35. The van der Waals surface area contributed by atoms with Gasteiger partial charge in [0.05, 0.1) is 12.8 Å². The Hall–Kier alpha value is -0.800. The molecule has 144 valence electrons. The van der Waals surface area contributed by atoms with Crippen LogP contribution in [0.1, 0.15) is 45.8 Å². The second kappa shape index (κ2) is 11.0. The fraction of sp³-hybridized carbons (Fsp3) is 0.722. The fourth-order valence-electron chi connectivity index (χ4n) is 3.16. The van der Waals surface area contributed by atoms with Gasteiger partial charge in [-0.3, -0.25) is 4.90 Å². The smallest absolute Gasteiger partial charge is 0.191 e. The zero-order chi connectivity index (χ0) is 17.4. The van der Waals surface area contributed by atoms with Crippen LogP contribution in [0.15, 0.2) is 27.8 Å². The molecule has 1 aliphatic heterocycles. The van der Waals surface area contributed by atoms with E-state index in [1.165, 1.54) is 25.8 Å². The van der Waals surface area contributed by atoms with Crippen molar-refractivity contribution in [2.24, 2.45) is 4.99 Å². The number of hydrogen-bond acceptors (Lipinski definition) is 4. The van der Waals surface area contributed by atoms with Crippen LogP contribution in [0.2, 0.25) is 0 Å². The van der Waals surface area contributed by atoms with E-state index in [4.69, 9.17) is 4.42 Å². The molecule has 2 heterocycles. The number of likely N-dealkylation sites (N-methyl/N-ethyl adjacent to an activating group) is 1. The molecule has 1 fully saturated rings. The highest BCUT2D eigenvalue weighted by atomic mass is 127. The molecule has 25 heavy (non-hydrogen) atoms. The van der Waals surface area contributed by atoms with Gasteiger partial charge in [0.15, 0.2) is 5.96 Å². The van der Waals surface area contributed by atoms with Crippen molar-refractivity contribution in [3.8, 4) is 0 Å². The standard InChI is InChI=1S/C18H32N4O2.HI/c1-4-19-17(20-13-15-9-6-7-11-22(15)5-2)21-14-18(3,23)16-10-8-12-24-16;/h8,10,12,15,23H,4-7,9,11,13-14H2,1-3H3,(H2,19,20,21);1H. The average molecular weight is 464 g/mol. The second-order valence-corrected chi connectivity index (χ2v) is 6.61. The fourth-order valence-corrected chi connectivity index (χ4v) is 3.16. The number of furan rings is 1. The van der Waals surface area contributed by atoms with Crippen LogP contribution in [0.25, 0.3) is 0 Å². The van der Waals surface area contributed by atoms with Crippen LogP contribution in [0.4, 0.5) is 0 Å². The number of guanidine groups is 1. The molecule has 6 nitrogen and oxygen atoms in total. The number of nitrogens with zero attached hydrogens (tertiary/aromatic N) is 2. The Kier molecular flexibility index (Phi) is 9.81. The lowest BCUT2D eigenvalue weighted by atomic mass is 10.0. The highest BCUT2D eigenvalue weighted by molar-refractivity contribution is 14.0. The Labute approximate surface area is 168 Å². The summed E-state index contributed by atoms with van der Waals surface area (Å²) >= 11 is 0. The van der Waals surface area contributed by atoms with Crippen molar-refractivity contribution in [3.05, 3.63) is 24.2 Å². The first-order valence-corrected chi connectivity index (χ1v) is 9.09. The van der Waals surface area contributed by atoms with Gasteiger partial charge >= 0.3 is 0 Å². The summed E-state index contributed by atoms with van der Waals surface area (Å²) in [6.07, 6.45) is 5.39. The van der Waals surface area contributed by atoms with Crippen LogP contribution in [-0.2, 0) is 5.60 Å². The summed E-state index contributed by atoms with van der Waals surface area (Å²) in [5.41, 5.74) is -1.11. The maximum atomic E-state index is 10.5. The Morgan fingerprint density at radius 2 is 2.20 bits per heavy atom. The van der Waals surface area contributed by atoms with Gasteiger partial charge in [-0.25, -0.2) is 4.99 Å². The maximum Gasteiger partial charge on any atom is 0.191 e. The molecular weight excluding hydrogens is 431 g/mol. The lowest BCUT2D eigenvalue weighted by Crippen LogP contribution is -2.49. The first kappa shape index (κ1) is 22.2. The van der Waals surface area contributed by atoms with E-state index in [-0.39, 0.29) is 30.5 Å². The molecule has 1 aromatic heterocycles. The molecule has 0 radical (unpaired) electrons. The molecule has 7 heteroatoms. The predicted octanol–water partition coefficient (Wildman–Crippen LogP) is 2.53. The zero-order valence-electron chi connectivity index (χ0n) is 15.6. The van der Waals surface area contributed by atoms with Crippen molar-refractivity contribution in [2.75, 3.05) is 32.7 Å². The second-order valence-electron chi connectivity index (χ2n) is 6.61. The van der Waals surface area contributed by atoms with E-state index in [0.717, 1.165) is 25.6 Å². The van der Waals surface area contributed by atoms with Crippen LogP contribution in [0, 0.1) is 0 Å². The number of piperidine rings is 1. The highest BCUT2D eigenvalue weighted by Gasteiger charge is 2.26. The van der Waals surface area contributed by atoms with Gasteiger partial charge in [0.2, 0.25) is 0 Å². The van der Waals surface area contributed by atoms with Gasteiger partial charge in [-0.15, -0.1) is 24.0 Å². The number of aliphatic imine (C=N–C) groups is 1. The van der Waals surface area contributed by atoms with Crippen molar-refractivity contribution in [3.63, 3.8) is 0 Å². The minimum atomic E-state index is -1.11. The number of halogens is 1. The summed E-state index contributed by atoms with van der Waals surface area (Å²) in [6, 6.07) is 4.11. The van der Waals surface area contributed by atoms with E-state index in [1.807, 2.05) is 6.92 Å². The van der Waals surface area contributed by atoms with E-state index >= 15 is 0 Å². The summed E-state index contributed by atoms with van der Waals surface area (Å²) in [4.78, 5) is 7.07. The van der Waals surface area contributed by atoms with E-state index < -0.39 is 5.60 Å². The van der Waals surface area contributed by atoms with Gasteiger partial charge in [-0.2, -0.15) is 0 Å². The molecule has 1 saturated heterocycles. The van der Waals surface area contributed by atoms with E-state index in [0.29, 0.717) is 11.8 Å². The molecule has 0 aliphatic carbocycles. The van der Waals surface area contributed by atoms with Crippen molar-refractivity contribution in [2.45, 2.75) is 51.7 Å². The zero-order valence-corrected chi connectivity index (χ0v) is 18.0. The quantitative estimate of drug-likeness (QED) is 0.329. The van der Waals surface area contributed by atoms with E-state index in [9.17, 15) is 5.11 Å². The highest BCUT2D eigenvalue weighted by Crippen LogP contribution is 2.21. The van der Waals surface area contributed by atoms with E-state index in [1.54, 1.807) is 25.3 Å². The summed E-state index contributed by atoms with van der Waals surface area (Å²) in [7, 11) is 0. The molecule has 2 unspecified atom stereocenters. The third-order valence-corrected chi connectivity index (χ3v) is 4.60. The van der Waals surface area contributed by atoms with Crippen LogP contribution in [0.3, 0.4) is 0 Å². The predicted molar refractivity (Wildman–Crippen MR) is 113 cm³/mol. The molecule has 0 amide bonds. The van der Waals surface area contributed by atoms with Gasteiger partial charge in [-0.05, 0) is 51.9 Å². The van der Waals surface area contributed by atoms with Crippen LogP contribution in [0.5, 0.6) is 0 Å². The number of hydrogen-bond donors (Lipinski definition) is 3. The number of rotatable bonds is 7. The largest absolute Gasteiger partial charge is 0.466 e. The van der Waals surface area contributed by atoms with Crippen LogP contribution in [-0.4, -0.2) is 54.7 Å². The molecular formula is C18H33IN4O2. The van der Waals surface area contributed by atoms with Crippen LogP contribution >= 0.6 is 24.0 Å². The molecule has 3 N–H and O–H groups in total. The molecule has 2 rings (SSSR count). The third kappa shape index (κ3) is 6.79. The summed E-state index contributed by atoms with van der Waals surface area (Å²) in [6.45, 7) is 10.2. The van der Waals surface area contributed by atoms with E-state index in [2.05, 4.69) is 27.4 Å². The monoisotopic (exact) mass is 464 g/mol. The SMILES string of the molecule is CCNC(=NCC(C)(O)c1ccco1)NCC1CCCCN1CC.I. The molecule has 1 aliphatic rings. The normalized spacial score (nSPS) is 21.3. The molecule has 0 spiro atoms. The number of likely N-dealkylation sites (tertiary alicyclic amines) is 1. The first-order valence-electron chi connectivity index (χ1n) is 9.09. The molecule has 0 aromatic carbocycles. The topological polar surface area (TPSA) is 73.0 Å². The van der Waals surface area contributed by atoms with Crippen molar-refractivity contribution in [1.29, 1.82) is 0 Å². The number of aliphatic hydroxyl groups is 1. The van der Waals surface area contributed by atoms with Crippen molar-refractivity contribution < 1.29 is 9.52 Å². The number of nitrogens with one attached hydrogen (secondary N) is 2. The van der Waals surface area contributed by atoms with Gasteiger partial charge < -0.3 is 20.2 Å². The van der Waals surface area contributed by atoms with Crippen LogP contribution < -0.4 is 10.6 Å². The van der Waals surface area contributed by atoms with Crippen molar-refractivity contribution >= 4 is 29.9 Å². The summed E-state index contributed by atoms with van der Waals surface area (Å²) in [5.74, 6) is 1.28. The van der Waals surface area contributed by atoms with Gasteiger partial charge in [0.25, 0.3) is 0 Å². The third-order valence-electron chi connectivity index (χ3n) is 4.60. The molecule has 0 saturated carbocycles. The maximum absolute atomic E-state index is 10.5. The molecule has 2 atom stereocenters. The molecule has 0 bridgehead atoms. The van der Waals surface area contributed by atoms with Gasteiger partial charge in [-0.1, -0.05) is 13.3 Å². The van der Waals surface area contributed by atoms with Gasteiger partial charge in [0, 0.05) is 19.1 Å². The summed E-state index contributed by atoms with van der Waals surface area (Å²) in [5, 5.41) is 17.2. The first-order chi connectivity index (χ1) is 11.6. The average Bonchev–Trinajstić information content (AvgIpc) is 3.13. The Morgan fingerprint density at radius 3 is 2.84 bits per heavy atom. The Balaban J connectivity index is 0.00000312. The van der Waals surface area contributed by atoms with Gasteiger partial charge in [0.1, 0.15) is 11.4 Å². The molecule has 1 aromatic rings. The minimum absolute atomic E-state index is 0. The Bertz CT molecular complexity index is 505. The van der Waals surface area contributed by atoms with Crippen molar-refractivity contribution in [1.82, 2.24) is 15.5 Å².